The summed E-state index contributed by atoms with van der Waals surface area (Å²) in [5.74, 6) is 0. The molecule has 1 heteroatoms. The van der Waals surface area contributed by atoms with Gasteiger partial charge in [0.25, 0.3) is 0 Å². The first kappa shape index (κ1) is 14.0. The normalized spacial score (nSPS) is 13.1. The minimum Gasteiger partial charge on any atom is -0.238 e. The summed E-state index contributed by atoms with van der Waals surface area (Å²) >= 11 is 0. The molecular weight excluding hydrogens is 170 g/mol. The van der Waals surface area contributed by atoms with E-state index in [2.05, 4.69) is 20.8 Å². The first-order valence-electron chi connectivity index (χ1n) is 6.51. The van der Waals surface area contributed by atoms with Crippen LogP contribution in [0.3, 0.4) is 0 Å². The van der Waals surface area contributed by atoms with Crippen LogP contribution in [0.2, 0.25) is 0 Å². The molecule has 0 saturated heterocycles. The fourth-order valence-corrected chi connectivity index (χ4v) is 1.71. The van der Waals surface area contributed by atoms with E-state index in [1.807, 2.05) is 0 Å². The summed E-state index contributed by atoms with van der Waals surface area (Å²) in [6.07, 6.45) is 10.6. The molecule has 1 atom stereocenters. The molecule has 0 aromatic rings. The molecule has 0 rings (SSSR count). The quantitative estimate of drug-likeness (QED) is 0.468. The van der Waals surface area contributed by atoms with Crippen LogP contribution in [-0.4, -0.2) is 12.6 Å². The summed E-state index contributed by atoms with van der Waals surface area (Å²) in [5, 5.41) is 4.75. The Bertz CT molecular complexity index is 93.4. The van der Waals surface area contributed by atoms with Gasteiger partial charge in [0.2, 0.25) is 0 Å². The van der Waals surface area contributed by atoms with E-state index in [0.717, 1.165) is 6.54 Å². The zero-order valence-electron chi connectivity index (χ0n) is 10.4. The van der Waals surface area contributed by atoms with Crippen LogP contribution in [0, 0.1) is 0 Å². The van der Waals surface area contributed by atoms with Crippen molar-refractivity contribution in [2.75, 3.05) is 6.54 Å². The number of hydrogen-bond acceptors (Lipinski definition) is 0. The Balaban J connectivity index is 3.49. The van der Waals surface area contributed by atoms with Crippen molar-refractivity contribution in [3.05, 3.63) is 0 Å². The topological polar surface area (TPSA) is 14.1 Å². The highest BCUT2D eigenvalue weighted by atomic mass is 14.9. The largest absolute Gasteiger partial charge is 0.238 e. The Morgan fingerprint density at radius 3 is 2.00 bits per heavy atom. The van der Waals surface area contributed by atoms with Gasteiger partial charge in [0.15, 0.2) is 0 Å². The number of unbranched alkanes of at least 4 members (excludes halogenated alkanes) is 3. The molecule has 0 saturated carbocycles. The third-order valence-electron chi connectivity index (χ3n) is 2.64. The van der Waals surface area contributed by atoms with Gasteiger partial charge in [0, 0.05) is 12.6 Å². The fourth-order valence-electron chi connectivity index (χ4n) is 1.71. The molecule has 0 spiro atoms. The maximum atomic E-state index is 4.75. The molecule has 85 valence electrons. The minimum atomic E-state index is 0.668. The van der Waals surface area contributed by atoms with Gasteiger partial charge in [-0.15, -0.1) is 0 Å². The zero-order chi connectivity index (χ0) is 10.6. The Hall–Kier alpha value is -0.0400. The second-order valence-corrected chi connectivity index (χ2v) is 4.20. The van der Waals surface area contributed by atoms with E-state index < -0.39 is 0 Å². The standard InChI is InChI=1S/C13H28N/c1-4-7-9-11-13(10-8-5-2)14-12-6-3/h13H,4-12H2,1-3H3. The van der Waals surface area contributed by atoms with E-state index in [4.69, 9.17) is 5.32 Å². The Labute approximate surface area is 90.7 Å². The highest BCUT2D eigenvalue weighted by Crippen LogP contribution is 2.10. The molecule has 0 aliphatic heterocycles. The van der Waals surface area contributed by atoms with E-state index in [0.29, 0.717) is 6.04 Å². The summed E-state index contributed by atoms with van der Waals surface area (Å²) in [6, 6.07) is 0.668. The molecule has 0 heterocycles. The van der Waals surface area contributed by atoms with Gasteiger partial charge in [-0.05, 0) is 19.3 Å². The van der Waals surface area contributed by atoms with Crippen LogP contribution in [0.5, 0.6) is 0 Å². The fraction of sp³-hybridized carbons (Fsp3) is 1.00. The van der Waals surface area contributed by atoms with Crippen molar-refractivity contribution in [2.45, 2.75) is 78.2 Å². The first-order chi connectivity index (χ1) is 6.85. The summed E-state index contributed by atoms with van der Waals surface area (Å²) in [4.78, 5) is 0. The van der Waals surface area contributed by atoms with Gasteiger partial charge in [-0.25, -0.2) is 5.32 Å². The molecule has 0 aromatic carbocycles. The van der Waals surface area contributed by atoms with Crippen molar-refractivity contribution < 1.29 is 0 Å². The Morgan fingerprint density at radius 1 is 0.786 bits per heavy atom. The maximum Gasteiger partial charge on any atom is 0.0246 e. The molecule has 1 nitrogen and oxygen atoms in total. The van der Waals surface area contributed by atoms with Crippen LogP contribution in [0.4, 0.5) is 0 Å². The third kappa shape index (κ3) is 8.55. The lowest BCUT2D eigenvalue weighted by molar-refractivity contribution is 0.416. The molecule has 0 aliphatic rings. The molecule has 1 unspecified atom stereocenters. The molecule has 14 heavy (non-hydrogen) atoms. The lowest BCUT2D eigenvalue weighted by Gasteiger charge is -2.15. The van der Waals surface area contributed by atoms with Crippen LogP contribution in [0.1, 0.15) is 72.1 Å². The predicted octanol–water partition coefficient (Wildman–Crippen LogP) is 4.14. The Morgan fingerprint density at radius 2 is 1.43 bits per heavy atom. The summed E-state index contributed by atoms with van der Waals surface area (Å²) in [7, 11) is 0. The van der Waals surface area contributed by atoms with Crippen molar-refractivity contribution in [3.8, 4) is 0 Å². The van der Waals surface area contributed by atoms with Gasteiger partial charge >= 0.3 is 0 Å². The van der Waals surface area contributed by atoms with E-state index in [-0.39, 0.29) is 0 Å². The minimum absolute atomic E-state index is 0.668. The Kier molecular flexibility index (Phi) is 11.0. The molecular formula is C13H28N. The highest BCUT2D eigenvalue weighted by molar-refractivity contribution is 4.65. The van der Waals surface area contributed by atoms with Crippen LogP contribution in [0.15, 0.2) is 0 Å². The van der Waals surface area contributed by atoms with Crippen LogP contribution in [-0.2, 0) is 0 Å². The molecule has 0 amide bonds. The van der Waals surface area contributed by atoms with Crippen molar-refractivity contribution in [1.82, 2.24) is 5.32 Å². The summed E-state index contributed by atoms with van der Waals surface area (Å²) < 4.78 is 0. The van der Waals surface area contributed by atoms with Crippen molar-refractivity contribution in [2.24, 2.45) is 0 Å². The average molecular weight is 198 g/mol. The molecule has 0 fully saturated rings. The zero-order valence-corrected chi connectivity index (χ0v) is 10.4. The number of nitrogens with zero attached hydrogens (tertiary/aromatic N) is 1. The van der Waals surface area contributed by atoms with E-state index in [1.165, 1.54) is 51.4 Å². The van der Waals surface area contributed by atoms with E-state index >= 15 is 0 Å². The van der Waals surface area contributed by atoms with Crippen LogP contribution in [0.25, 0.3) is 0 Å². The molecule has 0 N–H and O–H groups in total. The van der Waals surface area contributed by atoms with Crippen LogP contribution < -0.4 is 5.32 Å². The van der Waals surface area contributed by atoms with Gasteiger partial charge in [-0.3, -0.25) is 0 Å². The van der Waals surface area contributed by atoms with Gasteiger partial charge < -0.3 is 0 Å². The van der Waals surface area contributed by atoms with Gasteiger partial charge in [0.1, 0.15) is 0 Å². The first-order valence-corrected chi connectivity index (χ1v) is 6.51. The SMILES string of the molecule is CCCCCC(CCCC)[N]CCC. The van der Waals surface area contributed by atoms with Crippen molar-refractivity contribution in [1.29, 1.82) is 0 Å². The predicted molar refractivity (Wildman–Crippen MR) is 64.7 cm³/mol. The van der Waals surface area contributed by atoms with Crippen LogP contribution >= 0.6 is 0 Å². The summed E-state index contributed by atoms with van der Waals surface area (Å²) in [5.41, 5.74) is 0. The second kappa shape index (κ2) is 11.0. The smallest absolute Gasteiger partial charge is 0.0246 e. The molecule has 0 bridgehead atoms. The second-order valence-electron chi connectivity index (χ2n) is 4.20. The molecule has 0 aliphatic carbocycles. The molecule has 0 aromatic heterocycles. The maximum absolute atomic E-state index is 4.75. The number of rotatable bonds is 10. The highest BCUT2D eigenvalue weighted by Gasteiger charge is 2.07. The summed E-state index contributed by atoms with van der Waals surface area (Å²) in [6.45, 7) is 7.82. The third-order valence-corrected chi connectivity index (χ3v) is 2.64. The van der Waals surface area contributed by atoms with Crippen molar-refractivity contribution in [3.63, 3.8) is 0 Å². The van der Waals surface area contributed by atoms with Gasteiger partial charge in [0.05, 0.1) is 0 Å². The van der Waals surface area contributed by atoms with E-state index in [9.17, 15) is 0 Å². The average Bonchev–Trinajstić information content (AvgIpc) is 2.21. The van der Waals surface area contributed by atoms with Gasteiger partial charge in [-0.2, -0.15) is 0 Å². The van der Waals surface area contributed by atoms with E-state index in [1.54, 1.807) is 0 Å². The molecule has 1 radical (unpaired) electrons. The lowest BCUT2D eigenvalue weighted by Crippen LogP contribution is -2.22. The number of hydrogen-bond donors (Lipinski definition) is 0. The van der Waals surface area contributed by atoms with Gasteiger partial charge in [-0.1, -0.05) is 52.9 Å². The lowest BCUT2D eigenvalue weighted by atomic mass is 10.0. The monoisotopic (exact) mass is 198 g/mol. The van der Waals surface area contributed by atoms with Crippen molar-refractivity contribution >= 4 is 0 Å².